The molecule has 82 valence electrons. The van der Waals surface area contributed by atoms with Crippen molar-refractivity contribution in [2.24, 2.45) is 0 Å². The van der Waals surface area contributed by atoms with E-state index < -0.39 is 7.07 Å². The van der Waals surface area contributed by atoms with Crippen LogP contribution in [0.2, 0.25) is 0 Å². The molecule has 0 fully saturated rings. The van der Waals surface area contributed by atoms with Gasteiger partial charge in [0.2, 0.25) is 0 Å². The molecule has 0 aliphatic heterocycles. The molecule has 0 saturated heterocycles. The third-order valence-corrected chi connectivity index (χ3v) is 4.44. The van der Waals surface area contributed by atoms with E-state index in [9.17, 15) is 0 Å². The summed E-state index contributed by atoms with van der Waals surface area (Å²) in [6.45, 7) is 7.64. The van der Waals surface area contributed by atoms with Crippen molar-refractivity contribution in [3.05, 3.63) is 0 Å². The molecule has 0 atom stereocenters. The Hall–Kier alpha value is 0.130. The van der Waals surface area contributed by atoms with Gasteiger partial charge in [-0.1, -0.05) is 0 Å². The first-order valence-electron chi connectivity index (χ1n) is 4.71. The number of nitriles is 1. The highest BCUT2D eigenvalue weighted by molar-refractivity contribution is 7.91. The van der Waals surface area contributed by atoms with E-state index in [0.29, 0.717) is 12.6 Å². The summed E-state index contributed by atoms with van der Waals surface area (Å²) < 4.78 is 11.1. The van der Waals surface area contributed by atoms with Crippen LogP contribution in [0.25, 0.3) is 0 Å². The molecule has 0 aliphatic rings. The smallest absolute Gasteiger partial charge is 0.198 e. The zero-order chi connectivity index (χ0) is 11.2. The summed E-state index contributed by atoms with van der Waals surface area (Å²) in [5, 5.41) is 8.50. The molecular weight excluding hydrogens is 221 g/mol. The fourth-order valence-electron chi connectivity index (χ4n) is 0.943. The van der Waals surface area contributed by atoms with Gasteiger partial charge in [-0.25, -0.2) is 0 Å². The fraction of sp³-hybridized carbons (Fsp3) is 0.889. The lowest BCUT2D eigenvalue weighted by Gasteiger charge is -2.19. The highest BCUT2D eigenvalue weighted by atomic mass is 35.7. The molecule has 0 spiro atoms. The van der Waals surface area contributed by atoms with Crippen LogP contribution in [-0.4, -0.2) is 18.4 Å². The first-order chi connectivity index (χ1) is 6.39. The van der Waals surface area contributed by atoms with Gasteiger partial charge in [-0.15, -0.1) is 0 Å². The molecule has 5 heteroatoms. The van der Waals surface area contributed by atoms with Crippen LogP contribution in [0.1, 0.15) is 34.1 Å². The summed E-state index contributed by atoms with van der Waals surface area (Å²) in [5.41, 5.74) is 0. The van der Waals surface area contributed by atoms with Crippen molar-refractivity contribution in [3.8, 4) is 6.07 Å². The highest BCUT2D eigenvalue weighted by Gasteiger charge is 2.42. The summed E-state index contributed by atoms with van der Waals surface area (Å²) in [5.74, 6) is 0. The Balaban J connectivity index is 4.26. The van der Waals surface area contributed by atoms with Crippen LogP contribution in [0.5, 0.6) is 0 Å². The largest absolute Gasteiger partial charge is 0.373 e. The number of nitrogens with zero attached hydrogens (tertiary/aromatic N) is 1. The third kappa shape index (κ3) is 6.56. The second kappa shape index (κ2) is 6.58. The third-order valence-electron chi connectivity index (χ3n) is 1.23. The second-order valence-electron chi connectivity index (χ2n) is 3.53. The summed E-state index contributed by atoms with van der Waals surface area (Å²) in [7, 11) is -2.35. The van der Waals surface area contributed by atoms with Gasteiger partial charge in [-0.05, 0) is 27.7 Å². The van der Waals surface area contributed by atoms with E-state index in [1.165, 1.54) is 0 Å². The van der Waals surface area contributed by atoms with Crippen LogP contribution in [0.15, 0.2) is 0 Å². The zero-order valence-electron chi connectivity index (χ0n) is 9.16. The van der Waals surface area contributed by atoms with Gasteiger partial charge in [-0.2, -0.15) is 14.3 Å². The molecule has 3 nitrogen and oxygen atoms in total. The van der Waals surface area contributed by atoms with Crippen LogP contribution in [-0.2, 0) is 9.05 Å². The Morgan fingerprint density at radius 2 is 1.64 bits per heavy atom. The number of halogens is 1. The van der Waals surface area contributed by atoms with Crippen LogP contribution < -0.4 is 0 Å². The maximum absolute atomic E-state index is 8.50. The van der Waals surface area contributed by atoms with Crippen LogP contribution >= 0.6 is 18.3 Å². The first kappa shape index (κ1) is 14.1. The molecule has 0 aromatic carbocycles. The minimum atomic E-state index is -2.35. The minimum Gasteiger partial charge on any atom is -0.198 e. The van der Waals surface area contributed by atoms with Crippen molar-refractivity contribution in [1.29, 1.82) is 5.26 Å². The number of hydrogen-bond acceptors (Lipinski definition) is 3. The maximum atomic E-state index is 8.50. The molecule has 0 saturated carbocycles. The normalized spacial score (nSPS) is 12.1. The van der Waals surface area contributed by atoms with Crippen molar-refractivity contribution in [2.75, 3.05) is 6.16 Å². The van der Waals surface area contributed by atoms with Crippen LogP contribution in [0.4, 0.5) is 0 Å². The van der Waals surface area contributed by atoms with Crippen molar-refractivity contribution in [1.82, 2.24) is 0 Å². The average molecular weight is 239 g/mol. The number of hydrogen-bond donors (Lipinski definition) is 0. The van der Waals surface area contributed by atoms with Crippen LogP contribution in [0.3, 0.4) is 0 Å². The van der Waals surface area contributed by atoms with Gasteiger partial charge < -0.3 is 0 Å². The summed E-state index contributed by atoms with van der Waals surface area (Å²) in [6.07, 6.45) is 0.912. The molecule has 14 heavy (non-hydrogen) atoms. The topological polar surface area (TPSA) is 42.2 Å². The molecule has 0 aromatic rings. The van der Waals surface area contributed by atoms with Gasteiger partial charge in [0.1, 0.15) is 18.4 Å². The summed E-state index contributed by atoms with van der Waals surface area (Å²) in [4.78, 5) is 0. The maximum Gasteiger partial charge on any atom is 0.373 e. The van der Waals surface area contributed by atoms with Gasteiger partial charge >= 0.3 is 7.07 Å². The van der Waals surface area contributed by atoms with Crippen molar-refractivity contribution >= 4 is 18.3 Å². The minimum absolute atomic E-state index is 0.0262. The molecule has 0 heterocycles. The monoisotopic (exact) mass is 238 g/mol. The van der Waals surface area contributed by atoms with E-state index in [2.05, 4.69) is 6.07 Å². The van der Waals surface area contributed by atoms with Gasteiger partial charge in [0, 0.05) is 0 Å². The van der Waals surface area contributed by atoms with Crippen molar-refractivity contribution < 1.29 is 9.05 Å². The highest BCUT2D eigenvalue weighted by Crippen LogP contribution is 2.67. The standard InChI is InChI=1S/C9H18ClNO2P/c1-8(2)12-14(10,7-5-6-11)13-9(3)4/h8-9H,5,7H2,1-4H3/q+1. The lowest BCUT2D eigenvalue weighted by molar-refractivity contribution is 0.172. The van der Waals surface area contributed by atoms with E-state index in [1.54, 1.807) is 0 Å². The SMILES string of the molecule is CC(C)O[P+](Cl)(CCC#N)OC(C)C. The molecule has 0 aromatic heterocycles. The average Bonchev–Trinajstić information content (AvgIpc) is 1.97. The Kier molecular flexibility index (Phi) is 6.64. The van der Waals surface area contributed by atoms with Gasteiger partial charge in [0.25, 0.3) is 0 Å². The predicted molar refractivity (Wildman–Crippen MR) is 60.3 cm³/mol. The van der Waals surface area contributed by atoms with Crippen molar-refractivity contribution in [2.45, 2.75) is 46.3 Å². The Labute approximate surface area is 91.6 Å². The molecule has 0 N–H and O–H groups in total. The van der Waals surface area contributed by atoms with Crippen LogP contribution in [0, 0.1) is 11.3 Å². The fourth-order valence-corrected chi connectivity index (χ4v) is 4.04. The van der Waals surface area contributed by atoms with E-state index in [0.717, 1.165) is 0 Å². The molecule has 0 unspecified atom stereocenters. The number of rotatable bonds is 6. The zero-order valence-corrected chi connectivity index (χ0v) is 10.8. The Bertz CT molecular complexity index is 193. The molecule has 0 amide bonds. The van der Waals surface area contributed by atoms with Gasteiger partial charge in [0.05, 0.1) is 12.5 Å². The Morgan fingerprint density at radius 1 is 1.21 bits per heavy atom. The molecular formula is C9H18ClNO2P+. The molecule has 0 bridgehead atoms. The predicted octanol–water partition coefficient (Wildman–Crippen LogP) is 3.75. The lowest BCUT2D eigenvalue weighted by atomic mass is 10.5. The van der Waals surface area contributed by atoms with Gasteiger partial charge in [0.15, 0.2) is 11.2 Å². The quantitative estimate of drug-likeness (QED) is 0.662. The van der Waals surface area contributed by atoms with Crippen molar-refractivity contribution in [3.63, 3.8) is 0 Å². The second-order valence-corrected chi connectivity index (χ2v) is 7.12. The summed E-state index contributed by atoms with van der Waals surface area (Å²) in [6, 6.07) is 2.05. The molecule has 0 rings (SSSR count). The van der Waals surface area contributed by atoms with E-state index in [4.69, 9.17) is 25.6 Å². The van der Waals surface area contributed by atoms with E-state index >= 15 is 0 Å². The molecule has 0 radical (unpaired) electrons. The van der Waals surface area contributed by atoms with E-state index in [-0.39, 0.29) is 12.2 Å². The van der Waals surface area contributed by atoms with Gasteiger partial charge in [-0.3, -0.25) is 0 Å². The lowest BCUT2D eigenvalue weighted by Crippen LogP contribution is -2.11. The van der Waals surface area contributed by atoms with E-state index in [1.807, 2.05) is 27.7 Å². The Morgan fingerprint density at radius 3 is 1.93 bits per heavy atom. The molecule has 0 aliphatic carbocycles. The summed E-state index contributed by atoms with van der Waals surface area (Å²) >= 11 is 6.22. The first-order valence-corrected chi connectivity index (χ1v) is 7.42.